The monoisotopic (exact) mass is 390 g/mol. The summed E-state index contributed by atoms with van der Waals surface area (Å²) < 4.78 is 40.5. The molecule has 5 nitrogen and oxygen atoms in total. The van der Waals surface area contributed by atoms with Crippen molar-refractivity contribution >= 4 is 11.6 Å². The summed E-state index contributed by atoms with van der Waals surface area (Å²) in [5.74, 6) is -0.368. The quantitative estimate of drug-likeness (QED) is 0.731. The maximum absolute atomic E-state index is 13.0. The fraction of sp³-hybridized carbons (Fsp3) is 0.350. The van der Waals surface area contributed by atoms with Crippen molar-refractivity contribution in [3.05, 3.63) is 64.6 Å². The van der Waals surface area contributed by atoms with E-state index in [0.717, 1.165) is 23.5 Å². The van der Waals surface area contributed by atoms with Crippen LogP contribution in [-0.4, -0.2) is 27.0 Å². The van der Waals surface area contributed by atoms with Crippen molar-refractivity contribution in [1.82, 2.24) is 19.9 Å². The lowest BCUT2D eigenvalue weighted by molar-refractivity contribution is -0.137. The van der Waals surface area contributed by atoms with Crippen molar-refractivity contribution in [2.45, 2.75) is 39.3 Å². The van der Waals surface area contributed by atoms with E-state index in [-0.39, 0.29) is 12.5 Å². The molecular formula is C20H21F3N4O. The Morgan fingerprint density at radius 2 is 1.82 bits per heavy atom. The molecule has 0 aliphatic heterocycles. The van der Waals surface area contributed by atoms with Gasteiger partial charge in [-0.2, -0.15) is 18.3 Å². The van der Waals surface area contributed by atoms with E-state index >= 15 is 0 Å². The van der Waals surface area contributed by atoms with Gasteiger partial charge in [-0.15, -0.1) is 0 Å². The van der Waals surface area contributed by atoms with Gasteiger partial charge in [0.2, 0.25) is 0 Å². The highest BCUT2D eigenvalue weighted by atomic mass is 19.4. The van der Waals surface area contributed by atoms with Crippen LogP contribution in [0, 0.1) is 13.8 Å². The van der Waals surface area contributed by atoms with Gasteiger partial charge in [-0.05, 0) is 31.5 Å². The van der Waals surface area contributed by atoms with E-state index in [1.54, 1.807) is 24.4 Å². The van der Waals surface area contributed by atoms with Gasteiger partial charge < -0.3 is 5.32 Å². The molecule has 0 saturated heterocycles. The van der Waals surface area contributed by atoms with Crippen LogP contribution in [0.5, 0.6) is 0 Å². The second-order valence-corrected chi connectivity index (χ2v) is 7.48. The number of alkyl halides is 3. The molecule has 1 amide bonds. The normalized spacial score (nSPS) is 12.4. The van der Waals surface area contributed by atoms with E-state index in [9.17, 15) is 18.0 Å². The van der Waals surface area contributed by atoms with Crippen LogP contribution in [0.2, 0.25) is 0 Å². The molecule has 3 rings (SSSR count). The summed E-state index contributed by atoms with van der Waals surface area (Å²) in [6.45, 7) is 7.43. The number of fused-ring (bicyclic) bond motifs is 1. The van der Waals surface area contributed by atoms with Crippen LogP contribution >= 0.6 is 0 Å². The highest BCUT2D eigenvalue weighted by Crippen LogP contribution is 2.32. The number of aryl methyl sites for hydroxylation is 2. The van der Waals surface area contributed by atoms with Crippen LogP contribution < -0.4 is 5.32 Å². The van der Waals surface area contributed by atoms with E-state index in [1.165, 1.54) is 12.3 Å². The fourth-order valence-electron chi connectivity index (χ4n) is 3.05. The third-order valence-corrected chi connectivity index (χ3v) is 4.68. The number of benzene rings is 1. The zero-order valence-corrected chi connectivity index (χ0v) is 16.1. The molecule has 0 aliphatic rings. The zero-order valence-electron chi connectivity index (χ0n) is 16.1. The minimum absolute atomic E-state index is 0.162. The molecule has 0 saturated carbocycles. The molecular weight excluding hydrogens is 369 g/mol. The van der Waals surface area contributed by atoms with Crippen molar-refractivity contribution in [3.8, 4) is 0 Å². The second kappa shape index (κ2) is 6.92. The maximum atomic E-state index is 13.0. The van der Waals surface area contributed by atoms with Crippen LogP contribution in [0.3, 0.4) is 0 Å². The molecule has 0 atom stereocenters. The standard InChI is InChI=1S/C20H21F3N4O/c1-12-8-13(2)27-17(26-12)16(10-25-27)18(28)24-11-19(3,4)14-6-5-7-15(9-14)20(21,22)23/h5-10H,11H2,1-4H3,(H,24,28). The Labute approximate surface area is 160 Å². The average molecular weight is 390 g/mol. The number of hydrogen-bond donors (Lipinski definition) is 1. The molecule has 2 heterocycles. The number of carbonyl (C=O) groups excluding carboxylic acids is 1. The summed E-state index contributed by atoms with van der Waals surface area (Å²) in [6.07, 6.45) is -2.96. The molecule has 0 unspecified atom stereocenters. The van der Waals surface area contributed by atoms with Crippen molar-refractivity contribution < 1.29 is 18.0 Å². The highest BCUT2D eigenvalue weighted by molar-refractivity contribution is 5.99. The Bertz CT molecular complexity index is 1040. The lowest BCUT2D eigenvalue weighted by Gasteiger charge is -2.26. The summed E-state index contributed by atoms with van der Waals surface area (Å²) in [7, 11) is 0. The lowest BCUT2D eigenvalue weighted by atomic mass is 9.83. The van der Waals surface area contributed by atoms with E-state index in [0.29, 0.717) is 16.8 Å². The Balaban J connectivity index is 1.81. The van der Waals surface area contributed by atoms with Crippen LogP contribution in [0.4, 0.5) is 13.2 Å². The van der Waals surface area contributed by atoms with Gasteiger partial charge in [0.15, 0.2) is 5.65 Å². The molecule has 1 aromatic carbocycles. The number of amides is 1. The molecule has 0 aliphatic carbocycles. The molecule has 3 aromatic rings. The van der Waals surface area contributed by atoms with E-state index in [1.807, 2.05) is 19.9 Å². The molecule has 0 radical (unpaired) electrons. The predicted molar refractivity (Wildman–Crippen MR) is 99.3 cm³/mol. The Hall–Kier alpha value is -2.90. The van der Waals surface area contributed by atoms with Crippen molar-refractivity contribution in [2.75, 3.05) is 6.54 Å². The first kappa shape index (κ1) is 19.9. The van der Waals surface area contributed by atoms with Crippen LogP contribution in [0.15, 0.2) is 36.5 Å². The van der Waals surface area contributed by atoms with Crippen LogP contribution in [-0.2, 0) is 11.6 Å². The fourth-order valence-corrected chi connectivity index (χ4v) is 3.05. The van der Waals surface area contributed by atoms with E-state index in [2.05, 4.69) is 15.4 Å². The summed E-state index contributed by atoms with van der Waals surface area (Å²) in [5.41, 5.74) is 1.49. The maximum Gasteiger partial charge on any atom is 0.416 e. The number of nitrogens with one attached hydrogen (secondary N) is 1. The van der Waals surface area contributed by atoms with Crippen LogP contribution in [0.1, 0.15) is 46.7 Å². The van der Waals surface area contributed by atoms with Gasteiger partial charge in [-0.1, -0.05) is 32.0 Å². The van der Waals surface area contributed by atoms with Gasteiger partial charge in [0.25, 0.3) is 5.91 Å². The molecule has 148 valence electrons. The third-order valence-electron chi connectivity index (χ3n) is 4.68. The van der Waals surface area contributed by atoms with Crippen molar-refractivity contribution in [3.63, 3.8) is 0 Å². The lowest BCUT2D eigenvalue weighted by Crippen LogP contribution is -2.36. The Morgan fingerprint density at radius 1 is 1.14 bits per heavy atom. The molecule has 0 bridgehead atoms. The first-order chi connectivity index (χ1) is 13.0. The highest BCUT2D eigenvalue weighted by Gasteiger charge is 2.32. The Morgan fingerprint density at radius 3 is 2.50 bits per heavy atom. The smallest absolute Gasteiger partial charge is 0.351 e. The topological polar surface area (TPSA) is 59.3 Å². The number of carbonyl (C=O) groups is 1. The predicted octanol–water partition coefficient (Wildman–Crippen LogP) is 4.07. The van der Waals surface area contributed by atoms with Gasteiger partial charge in [0.05, 0.1) is 11.8 Å². The third kappa shape index (κ3) is 3.85. The van der Waals surface area contributed by atoms with Crippen molar-refractivity contribution in [1.29, 1.82) is 0 Å². The summed E-state index contributed by atoms with van der Waals surface area (Å²) >= 11 is 0. The first-order valence-corrected chi connectivity index (χ1v) is 8.77. The largest absolute Gasteiger partial charge is 0.416 e. The minimum atomic E-state index is -4.41. The van der Waals surface area contributed by atoms with E-state index in [4.69, 9.17) is 0 Å². The van der Waals surface area contributed by atoms with Gasteiger partial charge in [0.1, 0.15) is 5.56 Å². The minimum Gasteiger partial charge on any atom is -0.351 e. The van der Waals surface area contributed by atoms with Gasteiger partial charge >= 0.3 is 6.18 Å². The summed E-state index contributed by atoms with van der Waals surface area (Å²) in [5, 5.41) is 6.99. The Kier molecular flexibility index (Phi) is 4.91. The number of hydrogen-bond acceptors (Lipinski definition) is 3. The van der Waals surface area contributed by atoms with Gasteiger partial charge in [-0.25, -0.2) is 9.50 Å². The molecule has 8 heteroatoms. The molecule has 1 N–H and O–H groups in total. The summed E-state index contributed by atoms with van der Waals surface area (Å²) in [4.78, 5) is 17.0. The number of aromatic nitrogens is 3. The average Bonchev–Trinajstić information content (AvgIpc) is 3.03. The SMILES string of the molecule is Cc1cc(C)n2ncc(C(=O)NCC(C)(C)c3cccc(C(F)(F)F)c3)c2n1. The second-order valence-electron chi connectivity index (χ2n) is 7.48. The number of nitrogens with zero attached hydrogens (tertiary/aromatic N) is 3. The molecule has 2 aromatic heterocycles. The molecule has 0 fully saturated rings. The van der Waals surface area contributed by atoms with Crippen LogP contribution in [0.25, 0.3) is 5.65 Å². The first-order valence-electron chi connectivity index (χ1n) is 8.77. The van der Waals surface area contributed by atoms with E-state index < -0.39 is 17.2 Å². The van der Waals surface area contributed by atoms with Gasteiger partial charge in [0, 0.05) is 23.3 Å². The number of rotatable bonds is 4. The van der Waals surface area contributed by atoms with Crippen molar-refractivity contribution in [2.24, 2.45) is 0 Å². The van der Waals surface area contributed by atoms with Gasteiger partial charge in [-0.3, -0.25) is 4.79 Å². The summed E-state index contributed by atoms with van der Waals surface area (Å²) in [6, 6.07) is 7.02. The number of halogens is 3. The zero-order chi connectivity index (χ0) is 20.7. The molecule has 28 heavy (non-hydrogen) atoms. The molecule has 0 spiro atoms.